The van der Waals surface area contributed by atoms with E-state index in [4.69, 9.17) is 14.2 Å². The highest BCUT2D eigenvalue weighted by Gasteiger charge is 2.13. The molecule has 0 aromatic heterocycles. The van der Waals surface area contributed by atoms with Crippen LogP contribution >= 0.6 is 15.9 Å². The molecular formula is C20H26BrNO3. The van der Waals surface area contributed by atoms with Crippen molar-refractivity contribution < 1.29 is 14.2 Å². The molecule has 0 unspecified atom stereocenters. The monoisotopic (exact) mass is 407 g/mol. The van der Waals surface area contributed by atoms with E-state index >= 15 is 0 Å². The molecule has 2 aromatic carbocycles. The zero-order valence-electron chi connectivity index (χ0n) is 15.1. The third-order valence-corrected chi connectivity index (χ3v) is 4.40. The highest BCUT2D eigenvalue weighted by molar-refractivity contribution is 9.10. The molecule has 0 bridgehead atoms. The predicted molar refractivity (Wildman–Crippen MR) is 104 cm³/mol. The molecule has 5 heteroatoms. The summed E-state index contributed by atoms with van der Waals surface area (Å²) >= 11 is 3.63. The molecule has 0 amide bonds. The van der Waals surface area contributed by atoms with Gasteiger partial charge in [-0.15, -0.1) is 0 Å². The maximum atomic E-state index is 6.07. The van der Waals surface area contributed by atoms with Crippen LogP contribution in [0.1, 0.15) is 23.6 Å². The molecule has 2 rings (SSSR count). The average Bonchev–Trinajstić information content (AvgIpc) is 2.60. The van der Waals surface area contributed by atoms with Gasteiger partial charge in [0.05, 0.1) is 17.7 Å². The number of rotatable bonds is 10. The van der Waals surface area contributed by atoms with E-state index < -0.39 is 0 Å². The van der Waals surface area contributed by atoms with Crippen molar-refractivity contribution in [2.45, 2.75) is 27.0 Å². The minimum absolute atomic E-state index is 0.511. The summed E-state index contributed by atoms with van der Waals surface area (Å²) in [6.07, 6.45) is 0. The van der Waals surface area contributed by atoms with Crippen LogP contribution in [0.4, 0.5) is 0 Å². The minimum atomic E-state index is 0.511. The van der Waals surface area contributed by atoms with Gasteiger partial charge >= 0.3 is 0 Å². The first-order valence-electron chi connectivity index (χ1n) is 8.47. The highest BCUT2D eigenvalue weighted by Crippen LogP contribution is 2.37. The molecule has 4 nitrogen and oxygen atoms in total. The molecule has 0 atom stereocenters. The van der Waals surface area contributed by atoms with Crippen LogP contribution in [0.15, 0.2) is 40.9 Å². The topological polar surface area (TPSA) is 39.7 Å². The van der Waals surface area contributed by atoms with Crippen LogP contribution in [-0.2, 0) is 17.9 Å². The van der Waals surface area contributed by atoms with Crippen LogP contribution in [0.2, 0.25) is 0 Å². The second kappa shape index (κ2) is 10.4. The summed E-state index contributed by atoms with van der Waals surface area (Å²) in [5, 5.41) is 3.34. The summed E-state index contributed by atoms with van der Waals surface area (Å²) in [7, 11) is 1.70. The van der Waals surface area contributed by atoms with E-state index in [1.807, 2.05) is 25.1 Å². The number of methoxy groups -OCH3 is 1. The molecule has 0 saturated carbocycles. The third kappa shape index (κ3) is 6.03. The van der Waals surface area contributed by atoms with Gasteiger partial charge in [-0.05, 0) is 58.6 Å². The molecule has 0 aliphatic heterocycles. The van der Waals surface area contributed by atoms with Crippen LogP contribution in [-0.4, -0.2) is 26.9 Å². The van der Waals surface area contributed by atoms with Gasteiger partial charge in [0.25, 0.3) is 0 Å². The van der Waals surface area contributed by atoms with E-state index in [9.17, 15) is 0 Å². The average molecular weight is 408 g/mol. The Labute approximate surface area is 158 Å². The lowest BCUT2D eigenvalue weighted by molar-refractivity contribution is 0.199. The van der Waals surface area contributed by atoms with Gasteiger partial charge < -0.3 is 19.5 Å². The first-order valence-corrected chi connectivity index (χ1v) is 9.27. The number of aryl methyl sites for hydroxylation is 1. The molecular weight excluding hydrogens is 382 g/mol. The van der Waals surface area contributed by atoms with Gasteiger partial charge in [0, 0.05) is 20.2 Å². The van der Waals surface area contributed by atoms with E-state index in [1.54, 1.807) is 7.11 Å². The van der Waals surface area contributed by atoms with Crippen molar-refractivity contribution in [2.24, 2.45) is 0 Å². The highest BCUT2D eigenvalue weighted by atomic mass is 79.9. The van der Waals surface area contributed by atoms with Crippen molar-refractivity contribution in [3.05, 3.63) is 57.6 Å². The normalized spacial score (nSPS) is 10.7. The smallest absolute Gasteiger partial charge is 0.175 e. The maximum Gasteiger partial charge on any atom is 0.175 e. The van der Waals surface area contributed by atoms with E-state index in [0.29, 0.717) is 19.8 Å². The van der Waals surface area contributed by atoms with Gasteiger partial charge in [0.1, 0.15) is 6.61 Å². The number of hydrogen-bond donors (Lipinski definition) is 1. The third-order valence-electron chi connectivity index (χ3n) is 3.81. The zero-order chi connectivity index (χ0) is 18.1. The van der Waals surface area contributed by atoms with E-state index in [-0.39, 0.29) is 0 Å². The quantitative estimate of drug-likeness (QED) is 0.589. The van der Waals surface area contributed by atoms with Crippen LogP contribution in [0, 0.1) is 6.92 Å². The maximum absolute atomic E-state index is 6.07. The number of halogens is 1. The lowest BCUT2D eigenvalue weighted by Gasteiger charge is -2.16. The van der Waals surface area contributed by atoms with Crippen molar-refractivity contribution in [3.8, 4) is 11.5 Å². The lowest BCUT2D eigenvalue weighted by atomic mass is 10.1. The summed E-state index contributed by atoms with van der Waals surface area (Å²) in [6, 6.07) is 12.3. The van der Waals surface area contributed by atoms with Crippen molar-refractivity contribution in [1.82, 2.24) is 5.32 Å². The van der Waals surface area contributed by atoms with Crippen LogP contribution in [0.25, 0.3) is 0 Å². The van der Waals surface area contributed by atoms with Crippen LogP contribution in [0.3, 0.4) is 0 Å². The Morgan fingerprint density at radius 2 is 1.92 bits per heavy atom. The number of ether oxygens (including phenoxy) is 3. The van der Waals surface area contributed by atoms with Crippen molar-refractivity contribution in [3.63, 3.8) is 0 Å². The van der Waals surface area contributed by atoms with Gasteiger partial charge in [-0.25, -0.2) is 0 Å². The molecule has 0 aliphatic carbocycles. The molecule has 0 spiro atoms. The second-order valence-corrected chi connectivity index (χ2v) is 6.58. The van der Waals surface area contributed by atoms with Crippen LogP contribution < -0.4 is 14.8 Å². The van der Waals surface area contributed by atoms with Crippen molar-refractivity contribution >= 4 is 15.9 Å². The van der Waals surface area contributed by atoms with Crippen molar-refractivity contribution in [1.29, 1.82) is 0 Å². The summed E-state index contributed by atoms with van der Waals surface area (Å²) in [5.41, 5.74) is 3.52. The molecule has 1 N–H and O–H groups in total. The summed E-state index contributed by atoms with van der Waals surface area (Å²) in [5.74, 6) is 1.50. The Morgan fingerprint density at radius 1 is 1.12 bits per heavy atom. The van der Waals surface area contributed by atoms with Crippen LogP contribution in [0.5, 0.6) is 11.5 Å². The molecule has 2 aromatic rings. The van der Waals surface area contributed by atoms with E-state index in [2.05, 4.69) is 46.4 Å². The fourth-order valence-electron chi connectivity index (χ4n) is 2.46. The Hall–Kier alpha value is -1.56. The largest absolute Gasteiger partial charge is 0.490 e. The van der Waals surface area contributed by atoms with Gasteiger partial charge in [-0.1, -0.05) is 24.3 Å². The Balaban J connectivity index is 2.11. The van der Waals surface area contributed by atoms with Crippen molar-refractivity contribution in [2.75, 3.05) is 26.9 Å². The molecule has 0 aliphatic rings. The Bertz CT molecular complexity index is 676. The SMILES string of the molecule is CCOc1cc(CNCCOC)cc(Br)c1OCc1ccccc1C. The van der Waals surface area contributed by atoms with Gasteiger partial charge in [0.15, 0.2) is 11.5 Å². The molecule has 0 saturated heterocycles. The fraction of sp³-hybridized carbons (Fsp3) is 0.400. The molecule has 136 valence electrons. The number of nitrogens with one attached hydrogen (secondary N) is 1. The minimum Gasteiger partial charge on any atom is -0.490 e. The van der Waals surface area contributed by atoms with Gasteiger partial charge in [0.2, 0.25) is 0 Å². The molecule has 0 radical (unpaired) electrons. The van der Waals surface area contributed by atoms with E-state index in [1.165, 1.54) is 11.1 Å². The van der Waals surface area contributed by atoms with E-state index in [0.717, 1.165) is 34.6 Å². The summed E-state index contributed by atoms with van der Waals surface area (Å²) < 4.78 is 17.8. The number of hydrogen-bond acceptors (Lipinski definition) is 4. The first-order chi connectivity index (χ1) is 12.2. The van der Waals surface area contributed by atoms with Gasteiger partial charge in [-0.3, -0.25) is 0 Å². The number of benzene rings is 2. The Kier molecular flexibility index (Phi) is 8.25. The molecule has 0 heterocycles. The Morgan fingerprint density at radius 3 is 2.64 bits per heavy atom. The summed E-state index contributed by atoms with van der Waals surface area (Å²) in [4.78, 5) is 0. The standard InChI is InChI=1S/C20H26BrNO3/c1-4-24-19-12-16(13-22-9-10-23-3)11-18(21)20(19)25-14-17-8-6-5-7-15(17)2/h5-8,11-12,22H,4,9-10,13-14H2,1-3H3. The lowest BCUT2D eigenvalue weighted by Crippen LogP contribution is -2.18. The summed E-state index contributed by atoms with van der Waals surface area (Å²) in [6.45, 7) is 7.42. The fourth-order valence-corrected chi connectivity index (χ4v) is 3.06. The molecule has 0 fully saturated rings. The predicted octanol–water partition coefficient (Wildman–Crippen LogP) is 4.47. The molecule has 25 heavy (non-hydrogen) atoms. The second-order valence-electron chi connectivity index (χ2n) is 5.72. The van der Waals surface area contributed by atoms with Gasteiger partial charge in [-0.2, -0.15) is 0 Å². The first kappa shape index (κ1) is 19.8. The zero-order valence-corrected chi connectivity index (χ0v) is 16.7.